The molecule has 1 unspecified atom stereocenters. The van der Waals surface area contributed by atoms with Crippen LogP contribution in [0.1, 0.15) is 18.4 Å². The van der Waals surface area contributed by atoms with Gasteiger partial charge in [-0.2, -0.15) is 0 Å². The summed E-state index contributed by atoms with van der Waals surface area (Å²) in [7, 11) is -1.56. The zero-order valence-electron chi connectivity index (χ0n) is 8.99. The van der Waals surface area contributed by atoms with E-state index in [9.17, 15) is 8.60 Å². The van der Waals surface area contributed by atoms with E-state index in [-0.39, 0.29) is 0 Å². The van der Waals surface area contributed by atoms with Crippen molar-refractivity contribution in [3.63, 3.8) is 0 Å². The molecule has 0 aliphatic heterocycles. The first-order valence-electron chi connectivity index (χ1n) is 5.14. The van der Waals surface area contributed by atoms with Crippen molar-refractivity contribution in [2.45, 2.75) is 29.1 Å². The minimum atomic E-state index is -1.56. The van der Waals surface area contributed by atoms with Crippen molar-refractivity contribution >= 4 is 23.4 Å². The van der Waals surface area contributed by atoms with Gasteiger partial charge in [-0.1, -0.05) is 0 Å². The Bertz CT molecular complexity index is 371. The average molecular weight is 261 g/mol. The van der Waals surface area contributed by atoms with Crippen LogP contribution in [0, 0.1) is 0 Å². The molecule has 0 aromatic heterocycles. The average Bonchev–Trinajstić information content (AvgIpc) is 2.27. The number of rotatable bonds is 6. The van der Waals surface area contributed by atoms with Gasteiger partial charge in [-0.15, -0.1) is 12.6 Å². The van der Waals surface area contributed by atoms with Crippen LogP contribution in [0.15, 0.2) is 28.0 Å². The summed E-state index contributed by atoms with van der Waals surface area (Å²) in [4.78, 5) is 1.24. The molecular formula is C11H16FNOS2. The second kappa shape index (κ2) is 7.04. The zero-order chi connectivity index (χ0) is 12.0. The van der Waals surface area contributed by atoms with Crippen molar-refractivity contribution in [3.8, 4) is 0 Å². The lowest BCUT2D eigenvalue weighted by Gasteiger charge is -2.05. The Morgan fingerprint density at radius 1 is 1.31 bits per heavy atom. The first-order valence-corrected chi connectivity index (χ1v) is 6.91. The van der Waals surface area contributed by atoms with Gasteiger partial charge in [0.05, 0.1) is 10.8 Å². The van der Waals surface area contributed by atoms with Crippen molar-refractivity contribution < 1.29 is 8.60 Å². The first kappa shape index (κ1) is 13.7. The molecule has 0 radical (unpaired) electrons. The summed E-state index contributed by atoms with van der Waals surface area (Å²) in [5, 5.41) is 0. The highest BCUT2D eigenvalue weighted by Gasteiger charge is 2.05. The topological polar surface area (TPSA) is 43.1 Å². The number of aryl methyl sites for hydroxylation is 1. The fourth-order valence-corrected chi connectivity index (χ4v) is 2.52. The predicted octanol–water partition coefficient (Wildman–Crippen LogP) is 2.29. The smallest absolute Gasteiger partial charge is 0.169 e. The molecular weight excluding hydrogens is 245 g/mol. The fourth-order valence-electron chi connectivity index (χ4n) is 1.46. The van der Waals surface area contributed by atoms with Crippen LogP contribution in [0.2, 0.25) is 0 Å². The van der Waals surface area contributed by atoms with Crippen LogP contribution >= 0.6 is 12.6 Å². The summed E-state index contributed by atoms with van der Waals surface area (Å²) in [6.07, 6.45) is 2.80. The molecule has 0 saturated carbocycles. The van der Waals surface area contributed by atoms with Crippen molar-refractivity contribution in [2.75, 3.05) is 12.6 Å². The van der Waals surface area contributed by atoms with Gasteiger partial charge in [0.1, 0.15) is 0 Å². The molecule has 0 aliphatic rings. The van der Waals surface area contributed by atoms with Crippen molar-refractivity contribution in [3.05, 3.63) is 23.8 Å². The largest absolute Gasteiger partial charge is 0.330 e. The SMILES string of the molecule is NCCCCc1cc(S)cc(S(=O)CF)c1. The molecule has 5 heteroatoms. The van der Waals surface area contributed by atoms with Crippen LogP contribution in [0.5, 0.6) is 0 Å². The van der Waals surface area contributed by atoms with Gasteiger partial charge in [0.2, 0.25) is 0 Å². The number of halogens is 1. The van der Waals surface area contributed by atoms with Crippen LogP contribution in [-0.2, 0) is 17.2 Å². The second-order valence-corrected chi connectivity index (χ2v) is 5.43. The van der Waals surface area contributed by atoms with E-state index < -0.39 is 16.8 Å². The van der Waals surface area contributed by atoms with E-state index in [1.54, 1.807) is 12.1 Å². The lowest BCUT2D eigenvalue weighted by atomic mass is 10.1. The van der Waals surface area contributed by atoms with Gasteiger partial charge in [-0.25, -0.2) is 4.39 Å². The molecule has 1 aromatic carbocycles. The van der Waals surface area contributed by atoms with E-state index in [0.29, 0.717) is 11.4 Å². The van der Waals surface area contributed by atoms with Gasteiger partial charge in [0.15, 0.2) is 6.01 Å². The molecule has 0 fully saturated rings. The molecule has 0 saturated heterocycles. The Kier molecular flexibility index (Phi) is 6.01. The maximum absolute atomic E-state index is 12.3. The molecule has 16 heavy (non-hydrogen) atoms. The molecule has 2 N–H and O–H groups in total. The van der Waals surface area contributed by atoms with Crippen LogP contribution in [0.4, 0.5) is 4.39 Å². The van der Waals surface area contributed by atoms with Crippen molar-refractivity contribution in [2.24, 2.45) is 5.73 Å². The number of nitrogens with two attached hydrogens (primary N) is 1. The van der Waals surface area contributed by atoms with Gasteiger partial charge in [0.25, 0.3) is 0 Å². The van der Waals surface area contributed by atoms with Gasteiger partial charge >= 0.3 is 0 Å². The molecule has 0 spiro atoms. The zero-order valence-corrected chi connectivity index (χ0v) is 10.7. The molecule has 1 aromatic rings. The van der Waals surface area contributed by atoms with E-state index >= 15 is 0 Å². The molecule has 0 amide bonds. The Hall–Kier alpha value is -0.390. The van der Waals surface area contributed by atoms with E-state index in [1.165, 1.54) is 0 Å². The standard InChI is InChI=1S/C11H16FNOS2/c12-8-16(14)11-6-9(3-1-2-4-13)5-10(15)7-11/h5-7,15H,1-4,8,13H2. The second-order valence-electron chi connectivity index (χ2n) is 3.54. The summed E-state index contributed by atoms with van der Waals surface area (Å²) in [6, 6.07) is 4.50. The quantitative estimate of drug-likeness (QED) is 0.609. The maximum atomic E-state index is 12.3. The monoisotopic (exact) mass is 261 g/mol. The number of hydrogen-bond acceptors (Lipinski definition) is 3. The highest BCUT2D eigenvalue weighted by atomic mass is 32.2. The normalized spacial score (nSPS) is 12.7. The molecule has 0 bridgehead atoms. The highest BCUT2D eigenvalue weighted by Crippen LogP contribution is 2.18. The molecule has 90 valence electrons. The third kappa shape index (κ3) is 4.23. The molecule has 2 nitrogen and oxygen atoms in total. The Labute approximate surface area is 103 Å². The van der Waals surface area contributed by atoms with Gasteiger partial charge in [0, 0.05) is 9.79 Å². The lowest BCUT2D eigenvalue weighted by Crippen LogP contribution is -2.00. The Balaban J connectivity index is 2.77. The number of benzene rings is 1. The molecule has 0 aliphatic carbocycles. The number of hydrogen-bond donors (Lipinski definition) is 2. The van der Waals surface area contributed by atoms with E-state index in [1.807, 2.05) is 6.07 Å². The highest BCUT2D eigenvalue weighted by molar-refractivity contribution is 7.85. The minimum absolute atomic E-state index is 0.512. The molecule has 0 heterocycles. The Morgan fingerprint density at radius 2 is 2.06 bits per heavy atom. The van der Waals surface area contributed by atoms with Crippen LogP contribution < -0.4 is 5.73 Å². The molecule has 1 atom stereocenters. The maximum Gasteiger partial charge on any atom is 0.169 e. The number of unbranched alkanes of at least 4 members (excludes halogenated alkanes) is 1. The Morgan fingerprint density at radius 3 is 2.69 bits per heavy atom. The van der Waals surface area contributed by atoms with Gasteiger partial charge in [-0.3, -0.25) is 4.21 Å². The minimum Gasteiger partial charge on any atom is -0.330 e. The van der Waals surface area contributed by atoms with Crippen molar-refractivity contribution in [1.29, 1.82) is 0 Å². The van der Waals surface area contributed by atoms with Gasteiger partial charge < -0.3 is 5.73 Å². The third-order valence-corrected chi connectivity index (χ3v) is 3.45. The van der Waals surface area contributed by atoms with Crippen LogP contribution in [0.3, 0.4) is 0 Å². The third-order valence-electron chi connectivity index (χ3n) is 2.23. The number of thiol groups is 1. The van der Waals surface area contributed by atoms with Crippen LogP contribution in [0.25, 0.3) is 0 Å². The van der Waals surface area contributed by atoms with Crippen molar-refractivity contribution in [1.82, 2.24) is 0 Å². The summed E-state index contributed by atoms with van der Waals surface area (Å²) < 4.78 is 23.6. The van der Waals surface area contributed by atoms with Crippen LogP contribution in [-0.4, -0.2) is 16.8 Å². The van der Waals surface area contributed by atoms with E-state index in [2.05, 4.69) is 12.6 Å². The summed E-state index contributed by atoms with van der Waals surface area (Å²) in [5.74, 6) is 0. The summed E-state index contributed by atoms with van der Waals surface area (Å²) in [5.41, 5.74) is 6.45. The number of alkyl halides is 1. The summed E-state index contributed by atoms with van der Waals surface area (Å²) >= 11 is 4.22. The lowest BCUT2D eigenvalue weighted by molar-refractivity contribution is 0.580. The summed E-state index contributed by atoms with van der Waals surface area (Å²) in [6.45, 7) is 0.670. The predicted molar refractivity (Wildman–Crippen MR) is 68.1 cm³/mol. The van der Waals surface area contributed by atoms with E-state index in [4.69, 9.17) is 5.73 Å². The fraction of sp³-hybridized carbons (Fsp3) is 0.455. The van der Waals surface area contributed by atoms with Gasteiger partial charge in [-0.05, 0) is 49.6 Å². The first-order chi connectivity index (χ1) is 7.67. The van der Waals surface area contributed by atoms with E-state index in [0.717, 1.165) is 29.7 Å². The molecule has 1 rings (SSSR count).